The molecule has 0 radical (unpaired) electrons. The Labute approximate surface area is 73.7 Å². The van der Waals surface area contributed by atoms with Crippen LogP contribution in [-0.2, 0) is 4.79 Å². The van der Waals surface area contributed by atoms with E-state index in [0.29, 0.717) is 6.54 Å². The van der Waals surface area contributed by atoms with Gasteiger partial charge in [-0.15, -0.1) is 0 Å². The first kappa shape index (κ1) is 10.6. The summed E-state index contributed by atoms with van der Waals surface area (Å²) < 4.78 is 0. The third-order valence-corrected chi connectivity index (χ3v) is 1.46. The van der Waals surface area contributed by atoms with Crippen molar-refractivity contribution in [3.05, 3.63) is 12.2 Å². The number of carbonyl (C=O) groups is 1. The zero-order chi connectivity index (χ0) is 9.02. The van der Waals surface area contributed by atoms with Crippen LogP contribution in [0.15, 0.2) is 12.2 Å². The van der Waals surface area contributed by atoms with Crippen LogP contribution in [-0.4, -0.2) is 29.6 Å². The molecule has 0 aliphatic carbocycles. The van der Waals surface area contributed by atoms with Gasteiger partial charge in [-0.3, -0.25) is 4.79 Å². The highest BCUT2D eigenvalue weighted by Gasteiger charge is 2.12. The molecule has 3 heteroatoms. The second-order valence-electron chi connectivity index (χ2n) is 2.83. The average Bonchev–Trinajstić information content (AvgIpc) is 1.84. The lowest BCUT2D eigenvalue weighted by Crippen LogP contribution is -2.33. The number of carbonyl (C=O) groups excluding carboxylic acids is 1. The van der Waals surface area contributed by atoms with Crippen molar-refractivity contribution in [2.45, 2.75) is 19.1 Å². The van der Waals surface area contributed by atoms with Gasteiger partial charge in [0.05, 0.1) is 5.25 Å². The lowest BCUT2D eigenvalue weighted by Gasteiger charge is -2.18. The fourth-order valence-corrected chi connectivity index (χ4v) is 0.999. The highest BCUT2D eigenvalue weighted by atomic mass is 32.1. The van der Waals surface area contributed by atoms with Crippen molar-refractivity contribution in [1.29, 1.82) is 0 Å². The fraction of sp³-hybridized carbons (Fsp3) is 0.625. The number of nitrogens with zero attached hydrogens (tertiary/aromatic N) is 1. The van der Waals surface area contributed by atoms with Crippen LogP contribution in [0.5, 0.6) is 0 Å². The summed E-state index contributed by atoms with van der Waals surface area (Å²) in [5.74, 6) is 0.0383. The van der Waals surface area contributed by atoms with E-state index in [1.165, 1.54) is 0 Å². The lowest BCUT2D eigenvalue weighted by atomic mass is 10.3. The molecule has 0 aliphatic heterocycles. The maximum atomic E-state index is 11.2. The number of hydrogen-bond donors (Lipinski definition) is 1. The first-order valence-corrected chi connectivity index (χ1v) is 4.04. The second kappa shape index (κ2) is 4.44. The zero-order valence-electron chi connectivity index (χ0n) is 7.29. The van der Waals surface area contributed by atoms with Crippen LogP contribution in [0.1, 0.15) is 13.8 Å². The molecule has 0 aliphatic rings. The Morgan fingerprint density at radius 1 is 1.73 bits per heavy atom. The standard InChI is InChI=1S/C8H15NOS/c1-6(2)5-9(4)8(10)7(3)11/h7,11H,1,5H2,2-4H3. The molecule has 11 heavy (non-hydrogen) atoms. The van der Waals surface area contributed by atoms with E-state index < -0.39 is 0 Å². The maximum absolute atomic E-state index is 11.2. The van der Waals surface area contributed by atoms with E-state index in [2.05, 4.69) is 19.2 Å². The molecule has 0 N–H and O–H groups in total. The summed E-state index contributed by atoms with van der Waals surface area (Å²) in [6.45, 7) is 7.99. The van der Waals surface area contributed by atoms with Crippen molar-refractivity contribution in [3.63, 3.8) is 0 Å². The van der Waals surface area contributed by atoms with E-state index in [-0.39, 0.29) is 11.2 Å². The zero-order valence-corrected chi connectivity index (χ0v) is 8.19. The van der Waals surface area contributed by atoms with E-state index in [1.807, 2.05) is 6.92 Å². The molecule has 0 spiro atoms. The highest BCUT2D eigenvalue weighted by molar-refractivity contribution is 7.81. The summed E-state index contributed by atoms with van der Waals surface area (Å²) in [5, 5.41) is -0.223. The highest BCUT2D eigenvalue weighted by Crippen LogP contribution is 2.00. The Morgan fingerprint density at radius 3 is 2.45 bits per heavy atom. The van der Waals surface area contributed by atoms with Gasteiger partial charge < -0.3 is 4.90 Å². The molecule has 0 saturated carbocycles. The minimum atomic E-state index is -0.223. The summed E-state index contributed by atoms with van der Waals surface area (Å²) in [6, 6.07) is 0. The molecule has 1 unspecified atom stereocenters. The Balaban J connectivity index is 3.93. The number of amides is 1. The molecule has 1 atom stereocenters. The third-order valence-electron chi connectivity index (χ3n) is 1.24. The van der Waals surface area contributed by atoms with Crippen molar-refractivity contribution in [1.82, 2.24) is 4.90 Å². The number of thiol groups is 1. The Kier molecular flexibility index (Phi) is 4.26. The van der Waals surface area contributed by atoms with Gasteiger partial charge in [-0.05, 0) is 13.8 Å². The number of rotatable bonds is 3. The molecule has 0 bridgehead atoms. The molecule has 0 fully saturated rings. The number of hydrogen-bond acceptors (Lipinski definition) is 2. The predicted octanol–water partition coefficient (Wildman–Crippen LogP) is 1.34. The van der Waals surface area contributed by atoms with Crippen LogP contribution in [0.4, 0.5) is 0 Å². The molecular weight excluding hydrogens is 158 g/mol. The van der Waals surface area contributed by atoms with Gasteiger partial charge in [0.1, 0.15) is 0 Å². The van der Waals surface area contributed by atoms with Gasteiger partial charge in [-0.2, -0.15) is 12.6 Å². The maximum Gasteiger partial charge on any atom is 0.235 e. The quantitative estimate of drug-likeness (QED) is 0.504. The third kappa shape index (κ3) is 4.09. The van der Waals surface area contributed by atoms with E-state index in [9.17, 15) is 4.79 Å². The fourth-order valence-electron chi connectivity index (χ4n) is 0.802. The van der Waals surface area contributed by atoms with E-state index in [4.69, 9.17) is 0 Å². The molecule has 0 aromatic rings. The van der Waals surface area contributed by atoms with Crippen LogP contribution in [0.2, 0.25) is 0 Å². The van der Waals surface area contributed by atoms with Crippen LogP contribution in [0.3, 0.4) is 0 Å². The van der Waals surface area contributed by atoms with Gasteiger partial charge in [-0.25, -0.2) is 0 Å². The Morgan fingerprint density at radius 2 is 2.18 bits per heavy atom. The molecular formula is C8H15NOS. The van der Waals surface area contributed by atoms with Gasteiger partial charge in [0.15, 0.2) is 0 Å². The van der Waals surface area contributed by atoms with Crippen molar-refractivity contribution in [2.24, 2.45) is 0 Å². The Hall–Kier alpha value is -0.440. The molecule has 0 rings (SSSR count). The molecule has 0 aromatic carbocycles. The SMILES string of the molecule is C=C(C)CN(C)C(=O)C(C)S. The molecule has 0 heterocycles. The van der Waals surface area contributed by atoms with Crippen molar-refractivity contribution < 1.29 is 4.79 Å². The second-order valence-corrected chi connectivity index (χ2v) is 3.60. The molecule has 64 valence electrons. The summed E-state index contributed by atoms with van der Waals surface area (Å²) >= 11 is 4.03. The molecule has 2 nitrogen and oxygen atoms in total. The smallest absolute Gasteiger partial charge is 0.235 e. The first-order chi connectivity index (χ1) is 4.95. The largest absolute Gasteiger partial charge is 0.341 e. The average molecular weight is 173 g/mol. The van der Waals surface area contributed by atoms with Crippen LogP contribution in [0, 0.1) is 0 Å². The van der Waals surface area contributed by atoms with E-state index >= 15 is 0 Å². The topological polar surface area (TPSA) is 20.3 Å². The molecule has 0 saturated heterocycles. The van der Waals surface area contributed by atoms with E-state index in [0.717, 1.165) is 5.57 Å². The van der Waals surface area contributed by atoms with Gasteiger partial charge >= 0.3 is 0 Å². The van der Waals surface area contributed by atoms with Crippen LogP contribution >= 0.6 is 12.6 Å². The Bertz CT molecular complexity index is 165. The van der Waals surface area contributed by atoms with Crippen molar-refractivity contribution >= 4 is 18.5 Å². The summed E-state index contributed by atoms with van der Waals surface area (Å²) in [5.41, 5.74) is 0.981. The predicted molar refractivity (Wildman–Crippen MR) is 50.9 cm³/mol. The monoisotopic (exact) mass is 173 g/mol. The minimum Gasteiger partial charge on any atom is -0.341 e. The first-order valence-electron chi connectivity index (χ1n) is 3.52. The van der Waals surface area contributed by atoms with Crippen LogP contribution < -0.4 is 0 Å². The molecule has 0 aromatic heterocycles. The van der Waals surface area contributed by atoms with Gasteiger partial charge in [0.2, 0.25) is 5.91 Å². The van der Waals surface area contributed by atoms with Gasteiger partial charge in [0.25, 0.3) is 0 Å². The van der Waals surface area contributed by atoms with E-state index in [1.54, 1.807) is 18.9 Å². The summed E-state index contributed by atoms with van der Waals surface area (Å²) in [6.07, 6.45) is 0. The normalized spacial score (nSPS) is 12.4. The van der Waals surface area contributed by atoms with Gasteiger partial charge in [0, 0.05) is 13.6 Å². The van der Waals surface area contributed by atoms with Crippen molar-refractivity contribution in [3.8, 4) is 0 Å². The number of likely N-dealkylation sites (N-methyl/N-ethyl adjacent to an activating group) is 1. The minimum absolute atomic E-state index is 0.0383. The van der Waals surface area contributed by atoms with Crippen LogP contribution in [0.25, 0.3) is 0 Å². The molecule has 1 amide bonds. The summed E-state index contributed by atoms with van der Waals surface area (Å²) in [4.78, 5) is 12.8. The summed E-state index contributed by atoms with van der Waals surface area (Å²) in [7, 11) is 1.75. The lowest BCUT2D eigenvalue weighted by molar-refractivity contribution is -0.128. The van der Waals surface area contributed by atoms with Gasteiger partial charge in [-0.1, -0.05) is 12.2 Å². The van der Waals surface area contributed by atoms with Crippen molar-refractivity contribution in [2.75, 3.05) is 13.6 Å².